The predicted octanol–water partition coefficient (Wildman–Crippen LogP) is 4.45. The number of rotatable bonds is 7. The van der Waals surface area contributed by atoms with Gasteiger partial charge in [-0.1, -0.05) is 45.0 Å². The van der Waals surface area contributed by atoms with Crippen LogP contribution in [0.25, 0.3) is 5.76 Å². The van der Waals surface area contributed by atoms with Crippen LogP contribution in [0, 0.1) is 6.92 Å². The summed E-state index contributed by atoms with van der Waals surface area (Å²) in [6.45, 7) is 12.7. The third kappa shape index (κ3) is 5.73. The maximum atomic E-state index is 13.4. The Bertz CT molecular complexity index is 1170. The van der Waals surface area contributed by atoms with Gasteiger partial charge in [-0.15, -0.1) is 0 Å². The van der Waals surface area contributed by atoms with E-state index in [1.54, 1.807) is 30.2 Å². The first kappa shape index (κ1) is 26.9. The van der Waals surface area contributed by atoms with Crippen molar-refractivity contribution in [1.29, 1.82) is 0 Å². The Kier molecular flexibility index (Phi) is 8.05. The highest BCUT2D eigenvalue weighted by Gasteiger charge is 2.46. The summed E-state index contributed by atoms with van der Waals surface area (Å²) < 4.78 is 10.7. The zero-order valence-corrected chi connectivity index (χ0v) is 22.5. The van der Waals surface area contributed by atoms with Crippen LogP contribution in [0.5, 0.6) is 5.75 Å². The highest BCUT2D eigenvalue weighted by atomic mass is 16.5. The summed E-state index contributed by atoms with van der Waals surface area (Å²) in [4.78, 5) is 30.6. The van der Waals surface area contributed by atoms with Gasteiger partial charge in [0.15, 0.2) is 0 Å². The highest BCUT2D eigenvalue weighted by molar-refractivity contribution is 6.46. The molecular formula is C30H38N2O5. The topological polar surface area (TPSA) is 79.3 Å². The number of likely N-dealkylation sites (tertiary alicyclic amines) is 1. The molecule has 2 aromatic rings. The van der Waals surface area contributed by atoms with Crippen LogP contribution >= 0.6 is 0 Å². The van der Waals surface area contributed by atoms with Crippen molar-refractivity contribution in [3.05, 3.63) is 70.3 Å². The summed E-state index contributed by atoms with van der Waals surface area (Å²) in [5.74, 6) is -0.713. The molecule has 2 heterocycles. The van der Waals surface area contributed by atoms with E-state index < -0.39 is 17.7 Å². The van der Waals surface area contributed by atoms with Crippen LogP contribution in [0.15, 0.2) is 48.0 Å². The zero-order valence-electron chi connectivity index (χ0n) is 22.5. The summed E-state index contributed by atoms with van der Waals surface area (Å²) >= 11 is 0. The minimum Gasteiger partial charge on any atom is -0.507 e. The third-order valence-corrected chi connectivity index (χ3v) is 7.30. The van der Waals surface area contributed by atoms with E-state index in [0.29, 0.717) is 31.1 Å². The first-order valence-electron chi connectivity index (χ1n) is 13.0. The van der Waals surface area contributed by atoms with Crippen LogP contribution < -0.4 is 4.74 Å². The number of Topliss-reactive ketones (excluding diaryl/α,β-unsaturated/α-hetero) is 1. The Morgan fingerprint density at radius 3 is 2.32 bits per heavy atom. The molecule has 7 heteroatoms. The number of hydrogen-bond donors (Lipinski definition) is 1. The molecule has 4 rings (SSSR count). The first-order valence-corrected chi connectivity index (χ1v) is 13.0. The molecule has 0 saturated carbocycles. The largest absolute Gasteiger partial charge is 0.507 e. The van der Waals surface area contributed by atoms with E-state index in [1.165, 1.54) is 0 Å². The van der Waals surface area contributed by atoms with Crippen molar-refractivity contribution in [2.24, 2.45) is 0 Å². The van der Waals surface area contributed by atoms with Crippen molar-refractivity contribution >= 4 is 17.4 Å². The maximum Gasteiger partial charge on any atom is 0.295 e. The number of morpholine rings is 1. The van der Waals surface area contributed by atoms with Gasteiger partial charge >= 0.3 is 0 Å². The number of aliphatic hydroxyl groups excluding tert-OH is 1. The molecule has 2 aliphatic heterocycles. The van der Waals surface area contributed by atoms with Gasteiger partial charge in [-0.3, -0.25) is 14.5 Å². The van der Waals surface area contributed by atoms with E-state index in [1.807, 2.05) is 31.2 Å². The van der Waals surface area contributed by atoms with E-state index in [0.717, 1.165) is 42.7 Å². The van der Waals surface area contributed by atoms with Gasteiger partial charge < -0.3 is 19.5 Å². The third-order valence-electron chi connectivity index (χ3n) is 7.30. The molecule has 0 spiro atoms. The number of hydrogen-bond acceptors (Lipinski definition) is 6. The van der Waals surface area contributed by atoms with Crippen molar-refractivity contribution in [1.82, 2.24) is 9.80 Å². The fraction of sp³-hybridized carbons (Fsp3) is 0.467. The van der Waals surface area contributed by atoms with Gasteiger partial charge in [0.25, 0.3) is 11.7 Å². The van der Waals surface area contributed by atoms with Crippen LogP contribution in [0.4, 0.5) is 0 Å². The van der Waals surface area contributed by atoms with Crippen LogP contribution in [-0.2, 0) is 19.7 Å². The summed E-state index contributed by atoms with van der Waals surface area (Å²) in [5.41, 5.74) is 3.35. The molecule has 2 aliphatic rings. The molecule has 0 bridgehead atoms. The van der Waals surface area contributed by atoms with Crippen molar-refractivity contribution in [3.63, 3.8) is 0 Å². The molecule has 0 radical (unpaired) electrons. The standard InChI is InChI=1S/C30H38N2O5/c1-20-19-23(36-5)11-12-24(20)27(33)25-26(21-7-9-22(10-8-21)30(2,3)4)32(29(35)28(25)34)14-6-13-31-15-17-37-18-16-31/h7-12,19,26,33H,6,13-18H2,1-5H3/b27-25+/t26-/m0/s1. The molecule has 2 aromatic carbocycles. The van der Waals surface area contributed by atoms with Crippen molar-refractivity contribution < 1.29 is 24.2 Å². The Balaban J connectivity index is 1.72. The van der Waals surface area contributed by atoms with Crippen LogP contribution in [0.3, 0.4) is 0 Å². The number of benzene rings is 2. The number of ether oxygens (including phenoxy) is 2. The number of aryl methyl sites for hydroxylation is 1. The number of ketones is 1. The minimum atomic E-state index is -0.653. The molecule has 1 N–H and O–H groups in total. The van der Waals surface area contributed by atoms with E-state index in [4.69, 9.17) is 9.47 Å². The Morgan fingerprint density at radius 2 is 1.73 bits per heavy atom. The molecule has 37 heavy (non-hydrogen) atoms. The van der Waals surface area contributed by atoms with Gasteiger partial charge in [0.05, 0.1) is 31.9 Å². The molecule has 0 unspecified atom stereocenters. The summed E-state index contributed by atoms with van der Waals surface area (Å²) in [7, 11) is 1.58. The zero-order chi connectivity index (χ0) is 26.7. The second kappa shape index (κ2) is 11.1. The van der Waals surface area contributed by atoms with Gasteiger partial charge in [0.2, 0.25) is 0 Å². The Labute approximate surface area is 219 Å². The van der Waals surface area contributed by atoms with Crippen molar-refractivity contribution in [2.75, 3.05) is 46.5 Å². The lowest BCUT2D eigenvalue weighted by Gasteiger charge is -2.29. The number of methoxy groups -OCH3 is 1. The van der Waals surface area contributed by atoms with Gasteiger partial charge in [-0.05, 0) is 53.6 Å². The number of carbonyl (C=O) groups excluding carboxylic acids is 2. The molecule has 2 saturated heterocycles. The number of aliphatic hydroxyl groups is 1. The molecule has 7 nitrogen and oxygen atoms in total. The lowest BCUT2D eigenvalue weighted by atomic mass is 9.85. The molecule has 1 atom stereocenters. The van der Waals surface area contributed by atoms with Gasteiger partial charge in [-0.2, -0.15) is 0 Å². The fourth-order valence-electron chi connectivity index (χ4n) is 5.09. The van der Waals surface area contributed by atoms with Crippen LogP contribution in [0.1, 0.15) is 55.5 Å². The van der Waals surface area contributed by atoms with Gasteiger partial charge in [0.1, 0.15) is 11.5 Å². The molecular weight excluding hydrogens is 468 g/mol. The average Bonchev–Trinajstić information content (AvgIpc) is 3.13. The maximum absolute atomic E-state index is 13.4. The van der Waals surface area contributed by atoms with Crippen LogP contribution in [0.2, 0.25) is 0 Å². The molecule has 0 aromatic heterocycles. The molecule has 198 valence electrons. The average molecular weight is 507 g/mol. The normalized spacial score (nSPS) is 20.5. The second-order valence-corrected chi connectivity index (χ2v) is 10.9. The van der Waals surface area contributed by atoms with E-state index in [9.17, 15) is 14.7 Å². The van der Waals surface area contributed by atoms with Gasteiger partial charge in [0, 0.05) is 31.7 Å². The van der Waals surface area contributed by atoms with E-state index in [2.05, 4.69) is 25.7 Å². The van der Waals surface area contributed by atoms with E-state index >= 15 is 0 Å². The summed E-state index contributed by atoms with van der Waals surface area (Å²) in [6.07, 6.45) is 0.727. The van der Waals surface area contributed by atoms with Crippen molar-refractivity contribution in [2.45, 2.75) is 45.6 Å². The first-order chi connectivity index (χ1) is 17.6. The molecule has 1 amide bonds. The summed E-state index contributed by atoms with van der Waals surface area (Å²) in [6, 6.07) is 12.7. The lowest BCUT2D eigenvalue weighted by Crippen LogP contribution is -2.39. The smallest absolute Gasteiger partial charge is 0.295 e. The Hall–Kier alpha value is -3.16. The molecule has 0 aliphatic carbocycles. The van der Waals surface area contributed by atoms with E-state index in [-0.39, 0.29) is 16.7 Å². The highest BCUT2D eigenvalue weighted by Crippen LogP contribution is 2.40. The summed E-state index contributed by atoms with van der Waals surface area (Å²) in [5, 5.41) is 11.4. The van der Waals surface area contributed by atoms with Crippen molar-refractivity contribution in [3.8, 4) is 5.75 Å². The van der Waals surface area contributed by atoms with Gasteiger partial charge in [-0.25, -0.2) is 0 Å². The quantitative estimate of drug-likeness (QED) is 0.340. The SMILES string of the molecule is COc1ccc(/C(O)=C2\C(=O)C(=O)N(CCCN3CCOCC3)[C@H]2c2ccc(C(C)(C)C)cc2)c(C)c1. The fourth-order valence-corrected chi connectivity index (χ4v) is 5.09. The molecule has 2 fully saturated rings. The number of carbonyl (C=O) groups is 2. The number of nitrogens with zero attached hydrogens (tertiary/aromatic N) is 2. The monoisotopic (exact) mass is 506 g/mol. The predicted molar refractivity (Wildman–Crippen MR) is 144 cm³/mol. The second-order valence-electron chi connectivity index (χ2n) is 10.9. The van der Waals surface area contributed by atoms with Crippen LogP contribution in [-0.4, -0.2) is 73.1 Å². The number of amides is 1. The lowest BCUT2D eigenvalue weighted by molar-refractivity contribution is -0.140. The Morgan fingerprint density at radius 1 is 1.05 bits per heavy atom. The minimum absolute atomic E-state index is 0.0291.